The summed E-state index contributed by atoms with van der Waals surface area (Å²) in [7, 11) is 0. The highest BCUT2D eigenvalue weighted by atomic mass is 16.5. The van der Waals surface area contributed by atoms with Gasteiger partial charge in [-0.2, -0.15) is 0 Å². The zero-order chi connectivity index (χ0) is 14.3. The molecule has 1 aromatic rings. The molecule has 0 aromatic heterocycles. The van der Waals surface area contributed by atoms with Gasteiger partial charge in [0.15, 0.2) is 12.4 Å². The molecule has 3 heteroatoms. The molecule has 0 radical (unpaired) electrons. The third-order valence-electron chi connectivity index (χ3n) is 4.70. The first-order valence-corrected chi connectivity index (χ1v) is 6.53. The lowest BCUT2D eigenvalue weighted by atomic mass is 10.0. The zero-order valence-electron chi connectivity index (χ0n) is 11.9. The minimum Gasteiger partial charge on any atom is -0.457 e. The van der Waals surface area contributed by atoms with Crippen LogP contribution in [0.3, 0.4) is 0 Å². The van der Waals surface area contributed by atoms with Crippen molar-refractivity contribution in [2.45, 2.75) is 27.7 Å². The van der Waals surface area contributed by atoms with Crippen LogP contribution >= 0.6 is 0 Å². The Bertz CT molecular complexity index is 486. The van der Waals surface area contributed by atoms with Crippen molar-refractivity contribution in [2.75, 3.05) is 6.61 Å². The van der Waals surface area contributed by atoms with Gasteiger partial charge in [-0.05, 0) is 10.8 Å². The molecule has 1 saturated carbocycles. The second-order valence-corrected chi connectivity index (χ2v) is 6.27. The molecule has 0 atom stereocenters. The fourth-order valence-corrected chi connectivity index (χ4v) is 2.71. The van der Waals surface area contributed by atoms with Crippen molar-refractivity contribution >= 4 is 11.8 Å². The third-order valence-corrected chi connectivity index (χ3v) is 4.70. The number of hydrogen-bond acceptors (Lipinski definition) is 3. The predicted molar refractivity (Wildman–Crippen MR) is 72.8 cm³/mol. The normalized spacial score (nSPS) is 19.8. The van der Waals surface area contributed by atoms with E-state index in [1.807, 2.05) is 6.07 Å². The number of Topliss-reactive ketones (excluding diaryl/α,β-unsaturated/α-hetero) is 1. The molecule has 0 amide bonds. The predicted octanol–water partition coefficient (Wildman–Crippen LogP) is 3.09. The van der Waals surface area contributed by atoms with Crippen molar-refractivity contribution < 1.29 is 14.3 Å². The van der Waals surface area contributed by atoms with E-state index in [-0.39, 0.29) is 35.1 Å². The summed E-state index contributed by atoms with van der Waals surface area (Å²) in [5, 5.41) is 0. The summed E-state index contributed by atoms with van der Waals surface area (Å²) in [4.78, 5) is 23.8. The SMILES string of the molecule is CC1(C)C(C(=O)OCC(=O)c2ccccc2)C1(C)C. The minimum absolute atomic E-state index is 0.0557. The maximum atomic E-state index is 12.0. The standard InChI is InChI=1S/C16H20O3/c1-15(2)13(16(15,3)4)14(18)19-10-12(17)11-8-6-5-7-9-11/h5-9,13H,10H2,1-4H3. The van der Waals surface area contributed by atoms with Crippen LogP contribution in [0.5, 0.6) is 0 Å². The summed E-state index contributed by atoms with van der Waals surface area (Å²) in [6, 6.07) is 8.88. The maximum Gasteiger partial charge on any atom is 0.310 e. The Hall–Kier alpha value is -1.64. The topological polar surface area (TPSA) is 43.4 Å². The first kappa shape index (κ1) is 13.8. The van der Waals surface area contributed by atoms with E-state index in [0.29, 0.717) is 5.56 Å². The summed E-state index contributed by atoms with van der Waals surface area (Å²) < 4.78 is 5.16. The van der Waals surface area contributed by atoms with Gasteiger partial charge in [-0.1, -0.05) is 58.0 Å². The molecule has 0 N–H and O–H groups in total. The highest BCUT2D eigenvalue weighted by Gasteiger charge is 2.69. The number of benzene rings is 1. The Kier molecular flexibility index (Phi) is 3.25. The Labute approximate surface area is 114 Å². The molecule has 3 nitrogen and oxygen atoms in total. The average Bonchev–Trinajstić information content (AvgIpc) is 2.77. The van der Waals surface area contributed by atoms with E-state index in [1.54, 1.807) is 24.3 Å². The number of hydrogen-bond donors (Lipinski definition) is 0. The first-order valence-electron chi connectivity index (χ1n) is 6.53. The molecule has 0 heterocycles. The minimum atomic E-state index is -0.265. The third kappa shape index (κ3) is 2.29. The highest BCUT2D eigenvalue weighted by molar-refractivity contribution is 5.98. The number of rotatable bonds is 4. The van der Waals surface area contributed by atoms with Crippen LogP contribution in [0.1, 0.15) is 38.1 Å². The fraction of sp³-hybridized carbons (Fsp3) is 0.500. The molecule has 0 bridgehead atoms. The van der Waals surface area contributed by atoms with Crippen LogP contribution in [0.15, 0.2) is 30.3 Å². The smallest absolute Gasteiger partial charge is 0.310 e. The van der Waals surface area contributed by atoms with Crippen LogP contribution in [0.4, 0.5) is 0 Å². The van der Waals surface area contributed by atoms with E-state index in [1.165, 1.54) is 0 Å². The summed E-state index contributed by atoms with van der Waals surface area (Å²) in [6.07, 6.45) is 0. The summed E-state index contributed by atoms with van der Waals surface area (Å²) in [6.45, 7) is 8.04. The highest BCUT2D eigenvalue weighted by Crippen LogP contribution is 2.68. The number of ketones is 1. The average molecular weight is 260 g/mol. The lowest BCUT2D eigenvalue weighted by Crippen LogP contribution is -2.17. The van der Waals surface area contributed by atoms with Gasteiger partial charge in [-0.25, -0.2) is 0 Å². The molecule has 1 fully saturated rings. The van der Waals surface area contributed by atoms with Crippen LogP contribution in [-0.2, 0) is 9.53 Å². The molecular formula is C16H20O3. The molecule has 2 rings (SSSR count). The Morgan fingerprint density at radius 3 is 2.05 bits per heavy atom. The van der Waals surface area contributed by atoms with Gasteiger partial charge in [0, 0.05) is 5.56 Å². The van der Waals surface area contributed by atoms with Gasteiger partial charge in [0.1, 0.15) is 0 Å². The first-order chi connectivity index (χ1) is 8.78. The van der Waals surface area contributed by atoms with Gasteiger partial charge < -0.3 is 4.74 Å². The summed E-state index contributed by atoms with van der Waals surface area (Å²) in [5.41, 5.74) is 0.462. The van der Waals surface area contributed by atoms with E-state index in [0.717, 1.165) is 0 Å². The molecule has 102 valence electrons. The van der Waals surface area contributed by atoms with Gasteiger partial charge in [0.25, 0.3) is 0 Å². The molecule has 1 aliphatic carbocycles. The van der Waals surface area contributed by atoms with Crippen molar-refractivity contribution in [1.29, 1.82) is 0 Å². The van der Waals surface area contributed by atoms with Crippen molar-refractivity contribution in [3.8, 4) is 0 Å². The molecule has 0 aliphatic heterocycles. The number of carbonyl (C=O) groups is 2. The Morgan fingerprint density at radius 1 is 1.05 bits per heavy atom. The second kappa shape index (κ2) is 4.48. The lowest BCUT2D eigenvalue weighted by molar-refractivity contribution is -0.145. The molecule has 0 unspecified atom stereocenters. The van der Waals surface area contributed by atoms with Gasteiger partial charge in [0.05, 0.1) is 5.92 Å². The van der Waals surface area contributed by atoms with E-state index in [4.69, 9.17) is 4.74 Å². The molecular weight excluding hydrogens is 240 g/mol. The van der Waals surface area contributed by atoms with Crippen molar-refractivity contribution in [1.82, 2.24) is 0 Å². The van der Waals surface area contributed by atoms with E-state index < -0.39 is 0 Å². The van der Waals surface area contributed by atoms with Crippen LogP contribution in [0, 0.1) is 16.7 Å². The molecule has 0 saturated heterocycles. The Balaban J connectivity index is 1.91. The van der Waals surface area contributed by atoms with Crippen molar-refractivity contribution in [3.05, 3.63) is 35.9 Å². The van der Waals surface area contributed by atoms with Crippen LogP contribution in [-0.4, -0.2) is 18.4 Å². The monoisotopic (exact) mass is 260 g/mol. The summed E-state index contributed by atoms with van der Waals surface area (Å²) in [5.74, 6) is -0.548. The molecule has 1 aliphatic rings. The van der Waals surface area contributed by atoms with E-state index in [2.05, 4.69) is 27.7 Å². The van der Waals surface area contributed by atoms with Crippen molar-refractivity contribution in [2.24, 2.45) is 16.7 Å². The Morgan fingerprint density at radius 2 is 1.58 bits per heavy atom. The molecule has 1 aromatic carbocycles. The van der Waals surface area contributed by atoms with Crippen LogP contribution < -0.4 is 0 Å². The fourth-order valence-electron chi connectivity index (χ4n) is 2.71. The quantitative estimate of drug-likeness (QED) is 0.617. The van der Waals surface area contributed by atoms with Gasteiger partial charge in [0.2, 0.25) is 0 Å². The second-order valence-electron chi connectivity index (χ2n) is 6.27. The van der Waals surface area contributed by atoms with E-state index in [9.17, 15) is 9.59 Å². The lowest BCUT2D eigenvalue weighted by Gasteiger charge is -2.05. The van der Waals surface area contributed by atoms with E-state index >= 15 is 0 Å². The van der Waals surface area contributed by atoms with Crippen LogP contribution in [0.25, 0.3) is 0 Å². The molecule has 0 spiro atoms. The number of esters is 1. The largest absolute Gasteiger partial charge is 0.457 e. The van der Waals surface area contributed by atoms with Crippen molar-refractivity contribution in [3.63, 3.8) is 0 Å². The van der Waals surface area contributed by atoms with Crippen LogP contribution in [0.2, 0.25) is 0 Å². The van der Waals surface area contributed by atoms with Gasteiger partial charge >= 0.3 is 5.97 Å². The van der Waals surface area contributed by atoms with Gasteiger partial charge in [-0.3, -0.25) is 9.59 Å². The van der Waals surface area contributed by atoms with Gasteiger partial charge in [-0.15, -0.1) is 0 Å². The molecule has 19 heavy (non-hydrogen) atoms. The maximum absolute atomic E-state index is 12.0. The number of carbonyl (C=O) groups excluding carboxylic acids is 2. The zero-order valence-corrected chi connectivity index (χ0v) is 11.9. The number of ether oxygens (including phenoxy) is 1. The summed E-state index contributed by atoms with van der Waals surface area (Å²) >= 11 is 0.